The van der Waals surface area contributed by atoms with Crippen LogP contribution in [-0.2, 0) is 17.9 Å². The highest BCUT2D eigenvalue weighted by Crippen LogP contribution is 2.29. The molecule has 2 N–H and O–H groups in total. The van der Waals surface area contributed by atoms with Gasteiger partial charge in [0.15, 0.2) is 0 Å². The second-order valence-electron chi connectivity index (χ2n) is 6.15. The maximum absolute atomic E-state index is 12.2. The van der Waals surface area contributed by atoms with E-state index in [1.807, 2.05) is 12.1 Å². The van der Waals surface area contributed by atoms with Crippen LogP contribution < -0.4 is 5.32 Å². The summed E-state index contributed by atoms with van der Waals surface area (Å²) in [6.07, 6.45) is 3.03. The van der Waals surface area contributed by atoms with Crippen molar-refractivity contribution < 1.29 is 9.90 Å². The molecule has 1 saturated carbocycles. The van der Waals surface area contributed by atoms with Crippen LogP contribution >= 0.6 is 0 Å². The molecule has 1 aliphatic carbocycles. The number of amides is 1. The summed E-state index contributed by atoms with van der Waals surface area (Å²) < 4.78 is 0. The summed E-state index contributed by atoms with van der Waals surface area (Å²) in [7, 11) is 0. The van der Waals surface area contributed by atoms with Crippen LogP contribution in [0.3, 0.4) is 0 Å². The SMILES string of the molecule is CCN(CC)Cc1ccccc1CNC(=O)C1(O)CCCC1. The van der Waals surface area contributed by atoms with Gasteiger partial charge in [-0.05, 0) is 49.9 Å². The fourth-order valence-electron chi connectivity index (χ4n) is 3.10. The molecule has 0 radical (unpaired) electrons. The first-order valence-electron chi connectivity index (χ1n) is 8.39. The lowest BCUT2D eigenvalue weighted by molar-refractivity contribution is -0.139. The third-order valence-corrected chi connectivity index (χ3v) is 4.70. The van der Waals surface area contributed by atoms with E-state index in [-0.39, 0.29) is 5.91 Å². The minimum atomic E-state index is -1.15. The second kappa shape index (κ2) is 7.75. The minimum Gasteiger partial charge on any atom is -0.380 e. The molecule has 0 atom stereocenters. The average molecular weight is 304 g/mol. The van der Waals surface area contributed by atoms with Crippen molar-refractivity contribution in [2.75, 3.05) is 13.1 Å². The van der Waals surface area contributed by atoms with Crippen LogP contribution in [0.4, 0.5) is 0 Å². The molecule has 0 spiro atoms. The predicted molar refractivity (Wildman–Crippen MR) is 88.3 cm³/mol. The van der Waals surface area contributed by atoms with Crippen molar-refractivity contribution in [1.29, 1.82) is 0 Å². The molecule has 22 heavy (non-hydrogen) atoms. The summed E-state index contributed by atoms with van der Waals surface area (Å²) in [6.45, 7) is 7.71. The van der Waals surface area contributed by atoms with E-state index in [0.717, 1.165) is 38.0 Å². The van der Waals surface area contributed by atoms with E-state index in [9.17, 15) is 9.90 Å². The molecule has 0 aromatic heterocycles. The molecule has 1 fully saturated rings. The lowest BCUT2D eigenvalue weighted by atomic mass is 10.0. The van der Waals surface area contributed by atoms with Crippen LogP contribution in [0.15, 0.2) is 24.3 Å². The fourth-order valence-corrected chi connectivity index (χ4v) is 3.10. The number of hydrogen-bond donors (Lipinski definition) is 2. The molecule has 0 bridgehead atoms. The first-order chi connectivity index (χ1) is 10.6. The van der Waals surface area contributed by atoms with Gasteiger partial charge in [-0.3, -0.25) is 9.69 Å². The maximum Gasteiger partial charge on any atom is 0.252 e. The van der Waals surface area contributed by atoms with Crippen molar-refractivity contribution in [1.82, 2.24) is 10.2 Å². The Kier molecular flexibility index (Phi) is 5.98. The molecule has 122 valence electrons. The van der Waals surface area contributed by atoms with Gasteiger partial charge in [-0.15, -0.1) is 0 Å². The van der Waals surface area contributed by atoms with Gasteiger partial charge in [-0.1, -0.05) is 38.1 Å². The first kappa shape index (κ1) is 17.0. The van der Waals surface area contributed by atoms with Crippen molar-refractivity contribution in [3.8, 4) is 0 Å². The molecule has 4 heteroatoms. The molecular formula is C18H28N2O2. The fraction of sp³-hybridized carbons (Fsp3) is 0.611. The molecule has 2 rings (SSSR count). The number of benzene rings is 1. The van der Waals surface area contributed by atoms with Gasteiger partial charge < -0.3 is 10.4 Å². The third kappa shape index (κ3) is 4.08. The number of carbonyl (C=O) groups excluding carboxylic acids is 1. The summed E-state index contributed by atoms with van der Waals surface area (Å²) in [5.41, 5.74) is 1.22. The molecule has 0 aliphatic heterocycles. The Morgan fingerprint density at radius 1 is 1.18 bits per heavy atom. The highest BCUT2D eigenvalue weighted by molar-refractivity contribution is 5.85. The van der Waals surface area contributed by atoms with Gasteiger partial charge in [-0.25, -0.2) is 0 Å². The Morgan fingerprint density at radius 3 is 2.36 bits per heavy atom. The van der Waals surface area contributed by atoms with Gasteiger partial charge in [-0.2, -0.15) is 0 Å². The van der Waals surface area contributed by atoms with E-state index in [4.69, 9.17) is 0 Å². The molecule has 1 amide bonds. The number of rotatable bonds is 7. The lowest BCUT2D eigenvalue weighted by Gasteiger charge is -2.23. The van der Waals surface area contributed by atoms with E-state index in [1.165, 1.54) is 5.56 Å². The van der Waals surface area contributed by atoms with Gasteiger partial charge >= 0.3 is 0 Å². The van der Waals surface area contributed by atoms with E-state index < -0.39 is 5.60 Å². The van der Waals surface area contributed by atoms with Gasteiger partial charge in [0.05, 0.1) is 0 Å². The van der Waals surface area contributed by atoms with Crippen molar-refractivity contribution in [2.24, 2.45) is 0 Å². The number of nitrogens with zero attached hydrogens (tertiary/aromatic N) is 1. The van der Waals surface area contributed by atoms with Crippen LogP contribution in [0.1, 0.15) is 50.7 Å². The zero-order chi connectivity index (χ0) is 16.0. The molecule has 1 aliphatic rings. The average Bonchev–Trinajstić information content (AvgIpc) is 2.99. The third-order valence-electron chi connectivity index (χ3n) is 4.70. The number of carbonyl (C=O) groups is 1. The number of hydrogen-bond acceptors (Lipinski definition) is 3. The van der Waals surface area contributed by atoms with E-state index in [0.29, 0.717) is 19.4 Å². The Labute approximate surface area is 133 Å². The zero-order valence-electron chi connectivity index (χ0n) is 13.8. The lowest BCUT2D eigenvalue weighted by Crippen LogP contribution is -2.44. The van der Waals surface area contributed by atoms with E-state index in [2.05, 4.69) is 36.2 Å². The standard InChI is InChI=1S/C18H28N2O2/c1-3-20(4-2)14-16-10-6-5-9-15(16)13-19-17(21)18(22)11-7-8-12-18/h5-6,9-10,22H,3-4,7-8,11-14H2,1-2H3,(H,19,21). The van der Waals surface area contributed by atoms with Gasteiger partial charge in [0.1, 0.15) is 5.60 Å². The highest BCUT2D eigenvalue weighted by atomic mass is 16.3. The quantitative estimate of drug-likeness (QED) is 0.813. The summed E-state index contributed by atoms with van der Waals surface area (Å²) >= 11 is 0. The normalized spacial score (nSPS) is 16.9. The monoisotopic (exact) mass is 304 g/mol. The Bertz CT molecular complexity index is 492. The van der Waals surface area contributed by atoms with Crippen molar-refractivity contribution >= 4 is 5.91 Å². The maximum atomic E-state index is 12.2. The molecule has 1 aromatic carbocycles. The second-order valence-corrected chi connectivity index (χ2v) is 6.15. The largest absolute Gasteiger partial charge is 0.380 e. The van der Waals surface area contributed by atoms with Crippen LogP contribution in [0, 0.1) is 0 Å². The summed E-state index contributed by atoms with van der Waals surface area (Å²) in [5.74, 6) is -0.220. The van der Waals surface area contributed by atoms with Gasteiger partial charge in [0.25, 0.3) is 5.91 Å². The highest BCUT2D eigenvalue weighted by Gasteiger charge is 2.38. The van der Waals surface area contributed by atoms with Gasteiger partial charge in [0, 0.05) is 13.1 Å². The Morgan fingerprint density at radius 2 is 1.77 bits per heavy atom. The predicted octanol–water partition coefficient (Wildman–Crippen LogP) is 2.45. The molecule has 0 heterocycles. The van der Waals surface area contributed by atoms with Crippen molar-refractivity contribution in [2.45, 2.75) is 58.2 Å². The Balaban J connectivity index is 1.99. The van der Waals surface area contributed by atoms with Gasteiger partial charge in [0.2, 0.25) is 0 Å². The summed E-state index contributed by atoms with van der Waals surface area (Å²) in [6, 6.07) is 8.20. The van der Waals surface area contributed by atoms with E-state index >= 15 is 0 Å². The molecule has 1 aromatic rings. The Hall–Kier alpha value is -1.39. The molecule has 4 nitrogen and oxygen atoms in total. The molecular weight excluding hydrogens is 276 g/mol. The number of nitrogens with one attached hydrogen (secondary N) is 1. The van der Waals surface area contributed by atoms with E-state index in [1.54, 1.807) is 0 Å². The molecule has 0 saturated heterocycles. The van der Waals surface area contributed by atoms with Crippen molar-refractivity contribution in [3.63, 3.8) is 0 Å². The summed E-state index contributed by atoms with van der Waals surface area (Å²) in [4.78, 5) is 14.6. The first-order valence-corrected chi connectivity index (χ1v) is 8.39. The smallest absolute Gasteiger partial charge is 0.252 e. The van der Waals surface area contributed by atoms with Crippen molar-refractivity contribution in [3.05, 3.63) is 35.4 Å². The zero-order valence-corrected chi connectivity index (χ0v) is 13.8. The van der Waals surface area contributed by atoms with Crippen LogP contribution in [-0.4, -0.2) is 34.6 Å². The van der Waals surface area contributed by atoms with Crippen LogP contribution in [0.25, 0.3) is 0 Å². The topological polar surface area (TPSA) is 52.6 Å². The molecule has 0 unspecified atom stereocenters. The number of aliphatic hydroxyl groups is 1. The van der Waals surface area contributed by atoms with Crippen LogP contribution in [0.5, 0.6) is 0 Å². The van der Waals surface area contributed by atoms with Crippen LogP contribution in [0.2, 0.25) is 0 Å². The summed E-state index contributed by atoms with van der Waals surface area (Å²) in [5, 5.41) is 13.2. The minimum absolute atomic E-state index is 0.220.